The predicted molar refractivity (Wildman–Crippen MR) is 166 cm³/mol. The Morgan fingerprint density at radius 1 is 0.590 bits per heavy atom. The lowest BCUT2D eigenvalue weighted by Gasteiger charge is -2.40. The van der Waals surface area contributed by atoms with Crippen LogP contribution in [0.5, 0.6) is 0 Å². The van der Waals surface area contributed by atoms with Crippen LogP contribution in [0.4, 0.5) is 11.4 Å². The van der Waals surface area contributed by atoms with Crippen molar-refractivity contribution in [2.45, 2.75) is 36.1 Å². The van der Waals surface area contributed by atoms with Gasteiger partial charge < -0.3 is 4.90 Å². The molecule has 1 nitrogen and oxygen atoms in total. The second-order valence-corrected chi connectivity index (χ2v) is 17.2. The maximum Gasteiger partial charge on any atom is 0.0688 e. The first kappa shape index (κ1) is 23.3. The van der Waals surface area contributed by atoms with E-state index in [1.54, 1.807) is 0 Å². The zero-order valence-electron chi connectivity index (χ0n) is 22.2. The first-order chi connectivity index (χ1) is 19.1. The molecule has 0 amide bonds. The van der Waals surface area contributed by atoms with Crippen molar-refractivity contribution in [2.24, 2.45) is 0 Å². The molecular formula is C36H30ClNSi. The number of nitrogens with zero attached hydrogens (tertiary/aromatic N) is 1. The van der Waals surface area contributed by atoms with E-state index in [2.05, 4.69) is 139 Å². The summed E-state index contributed by atoms with van der Waals surface area (Å²) in [5, 5.41) is 0.843. The van der Waals surface area contributed by atoms with Crippen molar-refractivity contribution < 1.29 is 0 Å². The van der Waals surface area contributed by atoms with E-state index in [1.807, 2.05) is 0 Å². The minimum Gasteiger partial charge on any atom is -0.333 e. The van der Waals surface area contributed by atoms with Crippen molar-refractivity contribution in [1.29, 1.82) is 0 Å². The summed E-state index contributed by atoms with van der Waals surface area (Å²) in [6.45, 7) is 5.28. The second-order valence-electron chi connectivity index (χ2n) is 11.9. The van der Waals surface area contributed by atoms with Gasteiger partial charge in [-0.15, -0.1) is 0 Å². The molecule has 190 valence electrons. The fourth-order valence-corrected chi connectivity index (χ4v) is 13.3. The van der Waals surface area contributed by atoms with Gasteiger partial charge in [-0.05, 0) is 74.8 Å². The lowest BCUT2D eigenvalue weighted by Crippen LogP contribution is -2.43. The van der Waals surface area contributed by atoms with Crippen LogP contribution < -0.4 is 4.90 Å². The fourth-order valence-electron chi connectivity index (χ4n) is 8.33. The quantitative estimate of drug-likeness (QED) is 0.206. The number of para-hydroxylation sites is 2. The topological polar surface area (TPSA) is 3.24 Å². The number of hydrogen-bond acceptors (Lipinski definition) is 1. The van der Waals surface area contributed by atoms with Crippen molar-refractivity contribution in [3.8, 4) is 11.1 Å². The third kappa shape index (κ3) is 3.19. The smallest absolute Gasteiger partial charge is 0.0688 e. The van der Waals surface area contributed by atoms with Crippen LogP contribution in [-0.4, -0.2) is 8.07 Å². The minimum atomic E-state index is -2.08. The van der Waals surface area contributed by atoms with Crippen molar-refractivity contribution in [1.82, 2.24) is 0 Å². The average molecular weight is 540 g/mol. The monoisotopic (exact) mass is 539 g/mol. The molecule has 0 aromatic heterocycles. The summed E-state index contributed by atoms with van der Waals surface area (Å²) in [5.41, 5.74) is 13.7. The Hall–Kier alpha value is -3.59. The first-order valence-electron chi connectivity index (χ1n) is 14.0. The Morgan fingerprint density at radius 3 is 1.87 bits per heavy atom. The number of halogens is 1. The van der Waals surface area contributed by atoms with Crippen molar-refractivity contribution in [3.05, 3.63) is 154 Å². The third-order valence-electron chi connectivity index (χ3n) is 9.65. The Labute approximate surface area is 236 Å². The van der Waals surface area contributed by atoms with E-state index in [0.717, 1.165) is 5.02 Å². The van der Waals surface area contributed by atoms with Gasteiger partial charge in [0.15, 0.2) is 0 Å². The summed E-state index contributed by atoms with van der Waals surface area (Å²) >= 11 is 6.77. The van der Waals surface area contributed by atoms with Gasteiger partial charge in [0, 0.05) is 27.9 Å². The van der Waals surface area contributed by atoms with Gasteiger partial charge in [-0.25, -0.2) is 0 Å². The van der Waals surface area contributed by atoms with Crippen LogP contribution in [-0.2, 0) is 0 Å². The van der Waals surface area contributed by atoms with Gasteiger partial charge in [0.25, 0.3) is 0 Å². The molecule has 3 unspecified atom stereocenters. The summed E-state index contributed by atoms with van der Waals surface area (Å²) in [7, 11) is -2.08. The Kier molecular flexibility index (Phi) is 5.05. The molecule has 2 aliphatic carbocycles. The lowest BCUT2D eigenvalue weighted by molar-refractivity contribution is 0.604. The van der Waals surface area contributed by atoms with E-state index >= 15 is 0 Å². The molecule has 3 aliphatic rings. The van der Waals surface area contributed by atoms with Crippen LogP contribution in [0, 0.1) is 0 Å². The molecule has 3 heteroatoms. The minimum absolute atomic E-state index is 0.265. The summed E-state index contributed by atoms with van der Waals surface area (Å²) in [6, 6.07) is 45.3. The summed E-state index contributed by atoms with van der Waals surface area (Å²) in [5.74, 6) is 0.386. The standard InChI is InChI=1S/C36H30ClNSi/c1-39(2,35-28-16-8-6-14-25(28)26-15-7-9-17-29(26)35)36-31-22-23(37)20-21-27(31)34-33(36)30-18-10-11-19-32(30)38(34)24-12-4-3-5-13-24/h3-22,33-36H,1-2H3. The van der Waals surface area contributed by atoms with E-state index in [9.17, 15) is 0 Å². The molecule has 0 N–H and O–H groups in total. The number of hydrogen-bond donors (Lipinski definition) is 0. The van der Waals surface area contributed by atoms with Gasteiger partial charge in [-0.1, -0.05) is 116 Å². The average Bonchev–Trinajstić information content (AvgIpc) is 3.59. The van der Waals surface area contributed by atoms with E-state index in [0.29, 0.717) is 17.0 Å². The van der Waals surface area contributed by atoms with Crippen LogP contribution in [0.3, 0.4) is 0 Å². The molecule has 8 rings (SSSR count). The van der Waals surface area contributed by atoms with Gasteiger partial charge in [0.2, 0.25) is 0 Å². The van der Waals surface area contributed by atoms with E-state index in [-0.39, 0.29) is 6.04 Å². The molecule has 39 heavy (non-hydrogen) atoms. The molecular weight excluding hydrogens is 510 g/mol. The van der Waals surface area contributed by atoms with Gasteiger partial charge in [0.1, 0.15) is 0 Å². The molecule has 5 aromatic rings. The van der Waals surface area contributed by atoms with E-state index in [1.165, 1.54) is 50.3 Å². The lowest BCUT2D eigenvalue weighted by atomic mass is 9.95. The highest BCUT2D eigenvalue weighted by Gasteiger charge is 2.58. The largest absolute Gasteiger partial charge is 0.333 e. The van der Waals surface area contributed by atoms with Crippen LogP contribution in [0.25, 0.3) is 11.1 Å². The molecule has 1 aliphatic heterocycles. The fraction of sp³-hybridized carbons (Fsp3) is 0.167. The summed E-state index contributed by atoms with van der Waals surface area (Å²) < 4.78 is 0. The normalized spacial score (nSPS) is 20.8. The number of rotatable bonds is 3. The second kappa shape index (κ2) is 8.45. The van der Waals surface area contributed by atoms with Crippen molar-refractivity contribution >= 4 is 31.0 Å². The van der Waals surface area contributed by atoms with Crippen molar-refractivity contribution in [2.75, 3.05) is 4.90 Å². The Balaban J connectivity index is 1.37. The maximum absolute atomic E-state index is 6.77. The molecule has 0 radical (unpaired) electrons. The highest BCUT2D eigenvalue weighted by atomic mass is 35.5. The Bertz CT molecular complexity index is 1700. The first-order valence-corrected chi connectivity index (χ1v) is 17.5. The van der Waals surface area contributed by atoms with Crippen molar-refractivity contribution in [3.63, 3.8) is 0 Å². The van der Waals surface area contributed by atoms with E-state index in [4.69, 9.17) is 11.6 Å². The number of benzene rings is 5. The van der Waals surface area contributed by atoms with Crippen LogP contribution >= 0.6 is 11.6 Å². The zero-order valence-corrected chi connectivity index (χ0v) is 23.9. The van der Waals surface area contributed by atoms with Gasteiger partial charge in [-0.2, -0.15) is 0 Å². The van der Waals surface area contributed by atoms with Crippen LogP contribution in [0.2, 0.25) is 18.1 Å². The molecule has 0 spiro atoms. The van der Waals surface area contributed by atoms with E-state index < -0.39 is 8.07 Å². The van der Waals surface area contributed by atoms with Crippen LogP contribution in [0.1, 0.15) is 50.9 Å². The van der Waals surface area contributed by atoms with Crippen LogP contribution in [0.15, 0.2) is 121 Å². The molecule has 1 heterocycles. The number of anilines is 2. The van der Waals surface area contributed by atoms with Gasteiger partial charge >= 0.3 is 0 Å². The highest BCUT2D eigenvalue weighted by Crippen LogP contribution is 2.67. The molecule has 3 atom stereocenters. The maximum atomic E-state index is 6.77. The molecule has 0 fully saturated rings. The summed E-state index contributed by atoms with van der Waals surface area (Å²) in [4.78, 5) is 2.60. The molecule has 0 bridgehead atoms. The van der Waals surface area contributed by atoms with Gasteiger partial charge in [0.05, 0.1) is 14.1 Å². The number of fused-ring (bicyclic) bond motifs is 8. The Morgan fingerprint density at radius 2 is 1.18 bits per heavy atom. The van der Waals surface area contributed by atoms with Gasteiger partial charge in [-0.3, -0.25) is 0 Å². The SMILES string of the molecule is C[Si](C)(C1c2ccccc2-c2ccccc21)C1c2cc(Cl)ccc2C2C1c1ccccc1N2c1ccccc1. The molecule has 5 aromatic carbocycles. The molecule has 0 saturated carbocycles. The molecule has 0 saturated heterocycles. The zero-order chi connectivity index (χ0) is 26.3. The third-order valence-corrected chi connectivity index (χ3v) is 14.3. The summed E-state index contributed by atoms with van der Waals surface area (Å²) in [6.07, 6.45) is 0. The predicted octanol–water partition coefficient (Wildman–Crippen LogP) is 10.0. The highest BCUT2D eigenvalue weighted by molar-refractivity contribution is 6.81.